The number of aromatic amines is 1. The molecule has 1 aromatic heterocycles. The van der Waals surface area contributed by atoms with Crippen molar-refractivity contribution < 1.29 is 8.78 Å². The summed E-state index contributed by atoms with van der Waals surface area (Å²) < 4.78 is 27.2. The summed E-state index contributed by atoms with van der Waals surface area (Å²) in [6, 6.07) is 8.70. The second kappa shape index (κ2) is 4.07. The van der Waals surface area contributed by atoms with Crippen molar-refractivity contribution in [2.24, 2.45) is 0 Å². The number of hydrogen-bond donors (Lipinski definition) is 1. The molecule has 1 N–H and O–H groups in total. The highest BCUT2D eigenvalue weighted by atomic mass is 35.5. The Balaban J connectivity index is 2.26. The van der Waals surface area contributed by atoms with Gasteiger partial charge in [-0.1, -0.05) is 17.7 Å². The maximum absolute atomic E-state index is 13.7. The van der Waals surface area contributed by atoms with Gasteiger partial charge in [-0.25, -0.2) is 13.8 Å². The Morgan fingerprint density at radius 3 is 2.67 bits per heavy atom. The minimum atomic E-state index is -0.459. The van der Waals surface area contributed by atoms with E-state index in [4.69, 9.17) is 11.6 Å². The molecule has 0 spiro atoms. The molecule has 0 bridgehead atoms. The lowest BCUT2D eigenvalue weighted by atomic mass is 10.2. The molecule has 90 valence electrons. The summed E-state index contributed by atoms with van der Waals surface area (Å²) in [5.74, 6) is -0.647. The van der Waals surface area contributed by atoms with Crippen LogP contribution in [0.5, 0.6) is 0 Å². The molecule has 0 atom stereocenters. The molecule has 2 aromatic carbocycles. The molecule has 3 aromatic rings. The van der Waals surface area contributed by atoms with Gasteiger partial charge in [0.15, 0.2) is 5.82 Å². The lowest BCUT2D eigenvalue weighted by molar-refractivity contribution is 0.629. The molecule has 18 heavy (non-hydrogen) atoms. The fourth-order valence-corrected chi connectivity index (χ4v) is 1.98. The zero-order chi connectivity index (χ0) is 12.7. The van der Waals surface area contributed by atoms with Crippen molar-refractivity contribution in [1.29, 1.82) is 0 Å². The standard InChI is InChI=1S/C13H7ClF2N2/c14-7-4-5-9(15)8(6-7)13-17-11-3-1-2-10(16)12(11)18-13/h1-6H,(H,17,18). The first-order valence-electron chi connectivity index (χ1n) is 5.25. The van der Waals surface area contributed by atoms with Crippen LogP contribution in [0.15, 0.2) is 36.4 Å². The largest absolute Gasteiger partial charge is 0.338 e. The van der Waals surface area contributed by atoms with Gasteiger partial charge >= 0.3 is 0 Å². The number of halogens is 3. The summed E-state index contributed by atoms with van der Waals surface area (Å²) in [5, 5.41) is 0.396. The normalized spacial score (nSPS) is 11.1. The van der Waals surface area contributed by atoms with E-state index in [9.17, 15) is 8.78 Å². The van der Waals surface area contributed by atoms with Crippen LogP contribution in [-0.2, 0) is 0 Å². The Bertz CT molecular complexity index is 737. The summed E-state index contributed by atoms with van der Waals surface area (Å²) in [5.41, 5.74) is 0.925. The molecule has 3 rings (SSSR count). The fraction of sp³-hybridized carbons (Fsp3) is 0. The number of imidazole rings is 1. The molecule has 0 saturated heterocycles. The van der Waals surface area contributed by atoms with Crippen molar-refractivity contribution in [1.82, 2.24) is 9.97 Å². The first-order valence-corrected chi connectivity index (χ1v) is 5.62. The molecular formula is C13H7ClF2N2. The molecule has 0 aliphatic rings. The van der Waals surface area contributed by atoms with E-state index in [-0.39, 0.29) is 16.9 Å². The van der Waals surface area contributed by atoms with Gasteiger partial charge in [-0.2, -0.15) is 0 Å². The number of hydrogen-bond acceptors (Lipinski definition) is 1. The van der Waals surface area contributed by atoms with Gasteiger partial charge in [-0.15, -0.1) is 0 Å². The van der Waals surface area contributed by atoms with Gasteiger partial charge in [0.2, 0.25) is 0 Å². The average Bonchev–Trinajstić information content (AvgIpc) is 2.77. The van der Waals surface area contributed by atoms with Gasteiger partial charge in [0.05, 0.1) is 11.1 Å². The minimum absolute atomic E-state index is 0.187. The van der Waals surface area contributed by atoms with Crippen molar-refractivity contribution in [2.45, 2.75) is 0 Å². The first kappa shape index (κ1) is 11.2. The predicted octanol–water partition coefficient (Wildman–Crippen LogP) is 4.16. The Morgan fingerprint density at radius 1 is 1.06 bits per heavy atom. The van der Waals surface area contributed by atoms with Crippen LogP contribution in [0.2, 0.25) is 5.02 Å². The topological polar surface area (TPSA) is 28.7 Å². The van der Waals surface area contributed by atoms with Gasteiger partial charge in [0, 0.05) is 5.02 Å². The quantitative estimate of drug-likeness (QED) is 0.702. The maximum atomic E-state index is 13.7. The van der Waals surface area contributed by atoms with Crippen LogP contribution in [0.1, 0.15) is 0 Å². The molecular weight excluding hydrogens is 258 g/mol. The third-order valence-corrected chi connectivity index (χ3v) is 2.88. The van der Waals surface area contributed by atoms with Gasteiger partial charge < -0.3 is 4.98 Å². The van der Waals surface area contributed by atoms with E-state index in [0.29, 0.717) is 10.5 Å². The monoisotopic (exact) mass is 264 g/mol. The van der Waals surface area contributed by atoms with Crippen molar-refractivity contribution >= 4 is 22.6 Å². The summed E-state index contributed by atoms with van der Waals surface area (Å²) in [7, 11) is 0. The third-order valence-electron chi connectivity index (χ3n) is 2.65. The Kier molecular flexibility index (Phi) is 2.52. The van der Waals surface area contributed by atoms with E-state index < -0.39 is 11.6 Å². The number of benzene rings is 2. The molecule has 0 radical (unpaired) electrons. The summed E-state index contributed by atoms with van der Waals surface area (Å²) in [6.45, 7) is 0. The lowest BCUT2D eigenvalue weighted by Crippen LogP contribution is -1.86. The Labute approximate surface area is 106 Å². The average molecular weight is 265 g/mol. The van der Waals surface area contributed by atoms with E-state index in [2.05, 4.69) is 9.97 Å². The summed E-state index contributed by atoms with van der Waals surface area (Å²) in [4.78, 5) is 6.93. The van der Waals surface area contributed by atoms with Crippen molar-refractivity contribution in [3.63, 3.8) is 0 Å². The molecule has 1 heterocycles. The highest BCUT2D eigenvalue weighted by Crippen LogP contribution is 2.26. The second-order valence-corrected chi connectivity index (χ2v) is 4.28. The predicted molar refractivity (Wildman–Crippen MR) is 66.5 cm³/mol. The van der Waals surface area contributed by atoms with Crippen LogP contribution in [-0.4, -0.2) is 9.97 Å². The van der Waals surface area contributed by atoms with E-state index in [0.717, 1.165) is 0 Å². The number of H-pyrrole nitrogens is 1. The van der Waals surface area contributed by atoms with Gasteiger partial charge in [0.1, 0.15) is 17.2 Å². The fourth-order valence-electron chi connectivity index (χ4n) is 1.80. The highest BCUT2D eigenvalue weighted by molar-refractivity contribution is 6.30. The Morgan fingerprint density at radius 2 is 1.89 bits per heavy atom. The molecule has 5 heteroatoms. The maximum Gasteiger partial charge on any atom is 0.151 e. The summed E-state index contributed by atoms with van der Waals surface area (Å²) in [6.07, 6.45) is 0. The first-order chi connectivity index (χ1) is 8.65. The van der Waals surface area contributed by atoms with Crippen molar-refractivity contribution in [2.75, 3.05) is 0 Å². The smallest absolute Gasteiger partial charge is 0.151 e. The van der Waals surface area contributed by atoms with E-state index in [1.165, 1.54) is 24.3 Å². The number of para-hydroxylation sites is 1. The van der Waals surface area contributed by atoms with Crippen LogP contribution in [0.25, 0.3) is 22.4 Å². The highest BCUT2D eigenvalue weighted by Gasteiger charge is 2.12. The van der Waals surface area contributed by atoms with Crippen LogP contribution < -0.4 is 0 Å². The third kappa shape index (κ3) is 1.75. The Hall–Kier alpha value is -1.94. The van der Waals surface area contributed by atoms with Gasteiger partial charge in [0.25, 0.3) is 0 Å². The lowest BCUT2D eigenvalue weighted by Gasteiger charge is -1.99. The molecule has 0 unspecified atom stereocenters. The van der Waals surface area contributed by atoms with Crippen molar-refractivity contribution in [3.05, 3.63) is 53.1 Å². The second-order valence-electron chi connectivity index (χ2n) is 3.85. The minimum Gasteiger partial charge on any atom is -0.338 e. The van der Waals surface area contributed by atoms with Gasteiger partial charge in [-0.05, 0) is 30.3 Å². The van der Waals surface area contributed by atoms with E-state index >= 15 is 0 Å². The SMILES string of the molecule is Fc1ccc(Cl)cc1-c1nc2c(F)cccc2[nH]1. The number of nitrogens with zero attached hydrogens (tertiary/aromatic N) is 1. The molecule has 0 aliphatic carbocycles. The molecule has 0 amide bonds. The van der Waals surface area contributed by atoms with Crippen LogP contribution in [0.3, 0.4) is 0 Å². The number of nitrogens with one attached hydrogen (secondary N) is 1. The summed E-state index contributed by atoms with van der Waals surface area (Å²) >= 11 is 5.81. The number of rotatable bonds is 1. The van der Waals surface area contributed by atoms with Crippen LogP contribution in [0, 0.1) is 11.6 Å². The number of fused-ring (bicyclic) bond motifs is 1. The molecule has 2 nitrogen and oxygen atoms in total. The van der Waals surface area contributed by atoms with Crippen LogP contribution in [0.4, 0.5) is 8.78 Å². The zero-order valence-electron chi connectivity index (χ0n) is 9.05. The molecule has 0 saturated carbocycles. The van der Waals surface area contributed by atoms with Gasteiger partial charge in [-0.3, -0.25) is 0 Å². The van der Waals surface area contributed by atoms with Crippen LogP contribution >= 0.6 is 11.6 Å². The molecule has 0 fully saturated rings. The number of aromatic nitrogens is 2. The molecule has 0 aliphatic heterocycles. The zero-order valence-corrected chi connectivity index (χ0v) is 9.80. The van der Waals surface area contributed by atoms with Crippen molar-refractivity contribution in [3.8, 4) is 11.4 Å². The van der Waals surface area contributed by atoms with E-state index in [1.54, 1.807) is 12.1 Å². The van der Waals surface area contributed by atoms with E-state index in [1.807, 2.05) is 0 Å².